The highest BCUT2D eigenvalue weighted by molar-refractivity contribution is 5.97. The van der Waals surface area contributed by atoms with Gasteiger partial charge in [0.05, 0.1) is 11.1 Å². The summed E-state index contributed by atoms with van der Waals surface area (Å²) in [5, 5.41) is 2.18. The van der Waals surface area contributed by atoms with Crippen molar-refractivity contribution in [1.82, 2.24) is 5.32 Å². The Bertz CT molecular complexity index is 790. The van der Waals surface area contributed by atoms with E-state index >= 15 is 0 Å². The summed E-state index contributed by atoms with van der Waals surface area (Å²) in [5.74, 6) is -2.79. The minimum absolute atomic E-state index is 0.201. The van der Waals surface area contributed by atoms with Crippen LogP contribution in [-0.2, 0) is 17.4 Å². The first-order valence-electron chi connectivity index (χ1n) is 7.20. The van der Waals surface area contributed by atoms with Crippen molar-refractivity contribution in [2.24, 2.45) is 5.73 Å². The summed E-state index contributed by atoms with van der Waals surface area (Å²) in [7, 11) is 0. The molecule has 0 spiro atoms. The minimum atomic E-state index is -4.62. The number of carbonyl (C=O) groups is 2. The van der Waals surface area contributed by atoms with Crippen LogP contribution in [0.5, 0.6) is 0 Å². The fraction of sp³-hybridized carbons (Fsp3) is 0.176. The van der Waals surface area contributed by atoms with E-state index in [-0.39, 0.29) is 11.1 Å². The molecule has 8 heteroatoms. The Kier molecular flexibility index (Phi) is 5.41. The second kappa shape index (κ2) is 7.33. The maximum atomic E-state index is 13.6. The van der Waals surface area contributed by atoms with Gasteiger partial charge in [-0.3, -0.25) is 9.59 Å². The lowest BCUT2D eigenvalue weighted by Crippen LogP contribution is -2.46. The first kappa shape index (κ1) is 18.4. The lowest BCUT2D eigenvalue weighted by Gasteiger charge is -2.19. The zero-order valence-electron chi connectivity index (χ0n) is 12.8. The van der Waals surface area contributed by atoms with E-state index in [0.29, 0.717) is 0 Å². The van der Waals surface area contributed by atoms with Crippen LogP contribution in [0.25, 0.3) is 0 Å². The molecule has 0 aromatic heterocycles. The van der Waals surface area contributed by atoms with Crippen molar-refractivity contribution in [2.75, 3.05) is 0 Å². The van der Waals surface area contributed by atoms with E-state index in [2.05, 4.69) is 5.32 Å². The predicted molar refractivity (Wildman–Crippen MR) is 82.0 cm³/mol. The monoisotopic (exact) mass is 354 g/mol. The van der Waals surface area contributed by atoms with Gasteiger partial charge in [0.1, 0.15) is 11.9 Å². The summed E-state index contributed by atoms with van der Waals surface area (Å²) in [4.78, 5) is 23.6. The maximum absolute atomic E-state index is 13.6. The Morgan fingerprint density at radius 2 is 1.64 bits per heavy atom. The van der Waals surface area contributed by atoms with Crippen LogP contribution >= 0.6 is 0 Å². The van der Waals surface area contributed by atoms with Gasteiger partial charge in [-0.2, -0.15) is 13.2 Å². The van der Waals surface area contributed by atoms with Crippen molar-refractivity contribution >= 4 is 11.8 Å². The molecule has 25 heavy (non-hydrogen) atoms. The molecule has 132 valence electrons. The van der Waals surface area contributed by atoms with Gasteiger partial charge in [-0.25, -0.2) is 4.39 Å². The van der Waals surface area contributed by atoms with E-state index in [1.807, 2.05) is 0 Å². The third-order valence-corrected chi connectivity index (χ3v) is 3.51. The smallest absolute Gasteiger partial charge is 0.368 e. The Labute approximate surface area is 140 Å². The van der Waals surface area contributed by atoms with Crippen molar-refractivity contribution in [3.8, 4) is 0 Å². The standard InChI is InChI=1S/C17H14F4N2O2/c18-13-8-4-2-6-11(13)16(25)23-14(15(22)24)9-10-5-1-3-7-12(10)17(19,20)21/h1-8,14H,9H2,(H2,22,24)(H,23,25)/t14-/m0/s1. The zero-order valence-corrected chi connectivity index (χ0v) is 12.8. The lowest BCUT2D eigenvalue weighted by atomic mass is 9.99. The van der Waals surface area contributed by atoms with Crippen molar-refractivity contribution in [2.45, 2.75) is 18.6 Å². The van der Waals surface area contributed by atoms with Crippen LogP contribution in [0.2, 0.25) is 0 Å². The fourth-order valence-corrected chi connectivity index (χ4v) is 2.30. The molecule has 2 rings (SSSR count). The van der Waals surface area contributed by atoms with E-state index in [4.69, 9.17) is 5.73 Å². The molecule has 1 atom stereocenters. The van der Waals surface area contributed by atoms with Crippen molar-refractivity contribution in [3.63, 3.8) is 0 Å². The molecule has 0 heterocycles. The SMILES string of the molecule is NC(=O)[C@H](Cc1ccccc1C(F)(F)F)NC(=O)c1ccccc1F. The van der Waals surface area contributed by atoms with Crippen LogP contribution in [0.15, 0.2) is 48.5 Å². The molecule has 0 bridgehead atoms. The molecule has 0 aliphatic rings. The second-order valence-electron chi connectivity index (χ2n) is 5.27. The number of hydrogen-bond donors (Lipinski definition) is 2. The average Bonchev–Trinajstić information content (AvgIpc) is 2.54. The number of alkyl halides is 3. The highest BCUT2D eigenvalue weighted by Gasteiger charge is 2.34. The summed E-state index contributed by atoms with van der Waals surface area (Å²) >= 11 is 0. The molecule has 2 aromatic rings. The first-order chi connectivity index (χ1) is 11.7. The molecule has 0 saturated heterocycles. The van der Waals surface area contributed by atoms with Gasteiger partial charge >= 0.3 is 6.18 Å². The van der Waals surface area contributed by atoms with Crippen LogP contribution in [0.1, 0.15) is 21.5 Å². The number of nitrogens with two attached hydrogens (primary N) is 1. The Morgan fingerprint density at radius 3 is 2.24 bits per heavy atom. The van der Waals surface area contributed by atoms with Crippen LogP contribution in [0.4, 0.5) is 17.6 Å². The number of benzene rings is 2. The first-order valence-corrected chi connectivity index (χ1v) is 7.20. The van der Waals surface area contributed by atoms with E-state index in [1.54, 1.807) is 0 Å². The number of primary amides is 1. The second-order valence-corrected chi connectivity index (χ2v) is 5.27. The van der Waals surface area contributed by atoms with E-state index in [0.717, 1.165) is 12.1 Å². The van der Waals surface area contributed by atoms with Gasteiger partial charge in [0.25, 0.3) is 5.91 Å². The molecule has 0 unspecified atom stereocenters. The van der Waals surface area contributed by atoms with Crippen LogP contribution < -0.4 is 11.1 Å². The van der Waals surface area contributed by atoms with Gasteiger partial charge in [-0.1, -0.05) is 30.3 Å². The fourth-order valence-electron chi connectivity index (χ4n) is 2.30. The molecule has 0 radical (unpaired) electrons. The molecule has 2 amide bonds. The Morgan fingerprint density at radius 1 is 1.04 bits per heavy atom. The molecule has 0 fully saturated rings. The summed E-state index contributed by atoms with van der Waals surface area (Å²) < 4.78 is 52.7. The molecule has 0 saturated carbocycles. The largest absolute Gasteiger partial charge is 0.416 e. The number of nitrogens with one attached hydrogen (secondary N) is 1. The normalized spacial score (nSPS) is 12.5. The summed E-state index contributed by atoms with van der Waals surface area (Å²) in [5.41, 5.74) is 3.71. The van der Waals surface area contributed by atoms with Crippen molar-refractivity contribution < 1.29 is 27.2 Å². The van der Waals surface area contributed by atoms with Gasteiger partial charge in [0.15, 0.2) is 0 Å². The summed E-state index contributed by atoms with van der Waals surface area (Å²) in [6, 6.07) is 8.24. The molecule has 0 aliphatic heterocycles. The van der Waals surface area contributed by atoms with Crippen molar-refractivity contribution in [3.05, 3.63) is 71.0 Å². The number of amides is 2. The summed E-state index contributed by atoms with van der Waals surface area (Å²) in [6.07, 6.45) is -5.08. The Hall–Kier alpha value is -2.90. The quantitative estimate of drug-likeness (QED) is 0.811. The molecule has 2 aromatic carbocycles. The Balaban J connectivity index is 2.25. The molecular formula is C17H14F4N2O2. The molecule has 0 aliphatic carbocycles. The van der Waals surface area contributed by atoms with Crippen molar-refractivity contribution in [1.29, 1.82) is 0 Å². The van der Waals surface area contributed by atoms with Gasteiger partial charge in [0, 0.05) is 6.42 Å². The number of hydrogen-bond acceptors (Lipinski definition) is 2. The highest BCUT2D eigenvalue weighted by atomic mass is 19.4. The van der Waals surface area contributed by atoms with Gasteiger partial charge in [-0.05, 0) is 23.8 Å². The average molecular weight is 354 g/mol. The molecule has 4 nitrogen and oxygen atoms in total. The molecular weight excluding hydrogens is 340 g/mol. The third-order valence-electron chi connectivity index (χ3n) is 3.51. The lowest BCUT2D eigenvalue weighted by molar-refractivity contribution is -0.138. The minimum Gasteiger partial charge on any atom is -0.368 e. The van der Waals surface area contributed by atoms with Crippen LogP contribution in [0.3, 0.4) is 0 Å². The van der Waals surface area contributed by atoms with E-state index < -0.39 is 41.8 Å². The number of carbonyl (C=O) groups excluding carboxylic acids is 2. The number of rotatable bonds is 5. The predicted octanol–water partition coefficient (Wildman–Crippen LogP) is 2.67. The summed E-state index contributed by atoms with van der Waals surface area (Å²) in [6.45, 7) is 0. The van der Waals surface area contributed by atoms with Crippen LogP contribution in [-0.4, -0.2) is 17.9 Å². The number of halogens is 4. The van der Waals surface area contributed by atoms with E-state index in [1.165, 1.54) is 36.4 Å². The van der Waals surface area contributed by atoms with Gasteiger partial charge in [0.2, 0.25) is 5.91 Å². The maximum Gasteiger partial charge on any atom is 0.416 e. The van der Waals surface area contributed by atoms with E-state index in [9.17, 15) is 27.2 Å². The highest BCUT2D eigenvalue weighted by Crippen LogP contribution is 2.32. The third kappa shape index (κ3) is 4.56. The zero-order chi connectivity index (χ0) is 18.6. The molecule has 3 N–H and O–H groups in total. The van der Waals surface area contributed by atoms with Gasteiger partial charge < -0.3 is 11.1 Å². The van der Waals surface area contributed by atoms with Crippen LogP contribution in [0, 0.1) is 5.82 Å². The topological polar surface area (TPSA) is 72.2 Å². The van der Waals surface area contributed by atoms with Gasteiger partial charge in [-0.15, -0.1) is 0 Å².